The Kier molecular flexibility index (Phi) is 7.16. The first kappa shape index (κ1) is 27.4. The largest absolute Gasteiger partial charge is 0.451 e. The molecule has 1 aliphatic rings. The molecule has 1 aliphatic heterocycles. The van der Waals surface area contributed by atoms with Gasteiger partial charge < -0.3 is 9.80 Å². The van der Waals surface area contributed by atoms with Gasteiger partial charge in [0.25, 0.3) is 0 Å². The molecule has 2 heterocycles. The molecular formula is C29H23F7N4. The molecule has 0 atom stereocenters. The molecule has 0 amide bonds. The molecule has 40 heavy (non-hydrogen) atoms. The maximum absolute atomic E-state index is 14.0. The first-order chi connectivity index (χ1) is 18.9. The van der Waals surface area contributed by atoms with Crippen LogP contribution in [0.3, 0.4) is 0 Å². The molecule has 0 saturated carbocycles. The van der Waals surface area contributed by atoms with E-state index in [0.29, 0.717) is 16.8 Å². The van der Waals surface area contributed by atoms with Gasteiger partial charge in [-0.3, -0.25) is 0 Å². The molecule has 0 bridgehead atoms. The summed E-state index contributed by atoms with van der Waals surface area (Å²) in [6.45, 7) is 2.76. The van der Waals surface area contributed by atoms with Crippen LogP contribution in [0.15, 0.2) is 72.8 Å². The fourth-order valence-electron chi connectivity index (χ4n) is 4.74. The Labute approximate surface area is 225 Å². The number of aromatic nitrogens is 2. The van der Waals surface area contributed by atoms with Gasteiger partial charge in [0.15, 0.2) is 0 Å². The lowest BCUT2D eigenvalue weighted by atomic mass is 9.97. The van der Waals surface area contributed by atoms with Gasteiger partial charge in [-0.2, -0.15) is 26.3 Å². The van der Waals surface area contributed by atoms with E-state index in [1.54, 1.807) is 34.1 Å². The van der Waals surface area contributed by atoms with Gasteiger partial charge in [-0.1, -0.05) is 35.9 Å². The zero-order chi connectivity index (χ0) is 28.7. The van der Waals surface area contributed by atoms with Gasteiger partial charge in [0.05, 0.1) is 16.8 Å². The molecule has 0 unspecified atom stereocenters. The van der Waals surface area contributed by atoms with Crippen molar-refractivity contribution in [1.29, 1.82) is 0 Å². The van der Waals surface area contributed by atoms with Crippen LogP contribution < -0.4 is 9.80 Å². The third-order valence-electron chi connectivity index (χ3n) is 6.69. The third kappa shape index (κ3) is 5.73. The number of halogens is 7. The summed E-state index contributed by atoms with van der Waals surface area (Å²) in [5.74, 6) is -1.83. The summed E-state index contributed by atoms with van der Waals surface area (Å²) in [5, 5.41) is 0. The number of aryl methyl sites for hydroxylation is 1. The van der Waals surface area contributed by atoms with Gasteiger partial charge in [0.2, 0.25) is 5.82 Å². The number of anilines is 2. The van der Waals surface area contributed by atoms with Crippen LogP contribution in [0.4, 0.5) is 42.2 Å². The van der Waals surface area contributed by atoms with E-state index < -0.39 is 29.6 Å². The molecule has 1 fully saturated rings. The summed E-state index contributed by atoms with van der Waals surface area (Å²) >= 11 is 0. The first-order valence-corrected chi connectivity index (χ1v) is 12.4. The second-order valence-electron chi connectivity index (χ2n) is 9.49. The summed E-state index contributed by atoms with van der Waals surface area (Å²) in [6.07, 6.45) is -9.35. The van der Waals surface area contributed by atoms with Gasteiger partial charge in [-0.15, -0.1) is 0 Å². The molecule has 208 valence electrons. The van der Waals surface area contributed by atoms with E-state index in [2.05, 4.69) is 9.97 Å². The third-order valence-corrected chi connectivity index (χ3v) is 6.69. The molecule has 1 saturated heterocycles. The van der Waals surface area contributed by atoms with Gasteiger partial charge in [-0.05, 0) is 55.0 Å². The minimum Gasteiger partial charge on any atom is -0.368 e. The Morgan fingerprint density at radius 3 is 1.95 bits per heavy atom. The van der Waals surface area contributed by atoms with E-state index in [-0.39, 0.29) is 43.3 Å². The van der Waals surface area contributed by atoms with Crippen molar-refractivity contribution < 1.29 is 30.7 Å². The van der Waals surface area contributed by atoms with E-state index >= 15 is 0 Å². The van der Waals surface area contributed by atoms with Crippen LogP contribution in [0.25, 0.3) is 22.4 Å². The van der Waals surface area contributed by atoms with Crippen LogP contribution >= 0.6 is 0 Å². The van der Waals surface area contributed by atoms with E-state index in [4.69, 9.17) is 0 Å². The van der Waals surface area contributed by atoms with Crippen LogP contribution in [0.1, 0.15) is 17.0 Å². The highest BCUT2D eigenvalue weighted by molar-refractivity contribution is 5.89. The van der Waals surface area contributed by atoms with Crippen molar-refractivity contribution >= 4 is 11.5 Å². The predicted octanol–water partition coefficient (Wildman–Crippen LogP) is 7.62. The van der Waals surface area contributed by atoms with E-state index in [1.165, 1.54) is 18.2 Å². The maximum Gasteiger partial charge on any atom is 0.451 e. The van der Waals surface area contributed by atoms with Crippen molar-refractivity contribution in [3.8, 4) is 22.4 Å². The highest BCUT2D eigenvalue weighted by Gasteiger charge is 2.38. The fourth-order valence-corrected chi connectivity index (χ4v) is 4.74. The Morgan fingerprint density at radius 1 is 0.675 bits per heavy atom. The zero-order valence-corrected chi connectivity index (χ0v) is 21.2. The Bertz CT molecular complexity index is 1510. The number of piperazine rings is 1. The first-order valence-electron chi connectivity index (χ1n) is 12.4. The molecular weight excluding hydrogens is 537 g/mol. The Morgan fingerprint density at radius 2 is 1.32 bits per heavy atom. The second-order valence-corrected chi connectivity index (χ2v) is 9.49. The topological polar surface area (TPSA) is 32.3 Å². The summed E-state index contributed by atoms with van der Waals surface area (Å²) in [4.78, 5) is 11.3. The SMILES string of the molecule is Cc1cccc(-c2c(-c3ccc(F)cc3)nc(C(F)(F)F)nc2N2CCN(c3cccc(C(F)(F)F)c3)CC2)c1. The van der Waals surface area contributed by atoms with Crippen LogP contribution in [0, 0.1) is 12.7 Å². The summed E-state index contributed by atoms with van der Waals surface area (Å²) in [6, 6.07) is 17.2. The standard InChI is InChI=1S/C29H23F7N4/c1-18-4-2-5-20(16-18)24-25(19-8-10-22(30)11-9-19)37-27(29(34,35)36)38-26(24)40-14-12-39(13-15-40)23-7-3-6-21(17-23)28(31,32)33/h2-11,16-17H,12-15H2,1H3. The Hall–Kier alpha value is -4.15. The van der Waals surface area contributed by atoms with Crippen molar-refractivity contribution in [2.45, 2.75) is 19.3 Å². The molecule has 4 aromatic rings. The van der Waals surface area contributed by atoms with E-state index in [1.807, 2.05) is 13.0 Å². The highest BCUT2D eigenvalue weighted by atomic mass is 19.4. The number of hydrogen-bond acceptors (Lipinski definition) is 4. The molecule has 5 rings (SSSR count). The summed E-state index contributed by atoms with van der Waals surface area (Å²) in [7, 11) is 0. The lowest BCUT2D eigenvalue weighted by Crippen LogP contribution is -2.47. The minimum atomic E-state index is -4.85. The van der Waals surface area contributed by atoms with Gasteiger partial charge >= 0.3 is 12.4 Å². The van der Waals surface area contributed by atoms with Crippen molar-refractivity contribution in [3.63, 3.8) is 0 Å². The van der Waals surface area contributed by atoms with E-state index in [0.717, 1.165) is 29.8 Å². The fraction of sp³-hybridized carbons (Fsp3) is 0.241. The molecule has 0 aliphatic carbocycles. The predicted molar refractivity (Wildman–Crippen MR) is 138 cm³/mol. The normalized spacial score (nSPS) is 14.5. The number of rotatable bonds is 4. The molecule has 0 radical (unpaired) electrons. The number of hydrogen-bond donors (Lipinski definition) is 0. The smallest absolute Gasteiger partial charge is 0.368 e. The molecule has 3 aromatic carbocycles. The quantitative estimate of drug-likeness (QED) is 0.241. The monoisotopic (exact) mass is 560 g/mol. The van der Waals surface area contributed by atoms with Crippen molar-refractivity contribution in [2.75, 3.05) is 36.0 Å². The van der Waals surface area contributed by atoms with Gasteiger partial charge in [0, 0.05) is 37.4 Å². The van der Waals surface area contributed by atoms with Gasteiger partial charge in [0.1, 0.15) is 11.6 Å². The Balaban J connectivity index is 1.59. The lowest BCUT2D eigenvalue weighted by Gasteiger charge is -2.38. The van der Waals surface area contributed by atoms with Crippen LogP contribution in [-0.4, -0.2) is 36.1 Å². The summed E-state index contributed by atoms with van der Waals surface area (Å²) in [5.41, 5.74) is 1.70. The lowest BCUT2D eigenvalue weighted by molar-refractivity contribution is -0.144. The van der Waals surface area contributed by atoms with E-state index in [9.17, 15) is 30.7 Å². The molecule has 11 heteroatoms. The average molecular weight is 561 g/mol. The van der Waals surface area contributed by atoms with Crippen LogP contribution in [-0.2, 0) is 12.4 Å². The van der Waals surface area contributed by atoms with Crippen LogP contribution in [0.5, 0.6) is 0 Å². The average Bonchev–Trinajstić information content (AvgIpc) is 2.92. The van der Waals surface area contributed by atoms with Gasteiger partial charge in [-0.25, -0.2) is 14.4 Å². The highest BCUT2D eigenvalue weighted by Crippen LogP contribution is 2.41. The minimum absolute atomic E-state index is 0.00299. The van der Waals surface area contributed by atoms with Crippen molar-refractivity contribution in [2.24, 2.45) is 0 Å². The molecule has 0 spiro atoms. The zero-order valence-electron chi connectivity index (χ0n) is 21.2. The second kappa shape index (κ2) is 10.4. The number of benzene rings is 3. The molecule has 4 nitrogen and oxygen atoms in total. The maximum atomic E-state index is 14.0. The number of nitrogens with zero attached hydrogens (tertiary/aromatic N) is 4. The van der Waals surface area contributed by atoms with Crippen molar-refractivity contribution in [3.05, 3.63) is 95.6 Å². The molecule has 0 N–H and O–H groups in total. The number of alkyl halides is 6. The summed E-state index contributed by atoms with van der Waals surface area (Å²) < 4.78 is 95.4. The van der Waals surface area contributed by atoms with Crippen LogP contribution in [0.2, 0.25) is 0 Å². The van der Waals surface area contributed by atoms with Crippen molar-refractivity contribution in [1.82, 2.24) is 9.97 Å². The molecule has 1 aromatic heterocycles.